The number of hydrogen-bond acceptors (Lipinski definition) is 3. The fraction of sp³-hybridized carbons (Fsp3) is 0.273. The molecule has 0 saturated heterocycles. The zero-order valence-electron chi connectivity index (χ0n) is 8.99. The molecule has 0 saturated carbocycles. The Morgan fingerprint density at radius 2 is 1.94 bits per heavy atom. The lowest BCUT2D eigenvalue weighted by atomic mass is 10.2. The maximum Gasteiger partial charge on any atom is 0.365 e. The van der Waals surface area contributed by atoms with Gasteiger partial charge in [0, 0.05) is 0 Å². The summed E-state index contributed by atoms with van der Waals surface area (Å²) < 4.78 is 0. The Morgan fingerprint density at radius 1 is 1.35 bits per heavy atom. The lowest BCUT2D eigenvalue weighted by Crippen LogP contribution is -2.12. The van der Waals surface area contributed by atoms with E-state index in [1.807, 2.05) is 6.92 Å². The van der Waals surface area contributed by atoms with Crippen molar-refractivity contribution in [1.82, 2.24) is 0 Å². The van der Waals surface area contributed by atoms with Crippen molar-refractivity contribution >= 4 is 46.5 Å². The van der Waals surface area contributed by atoms with Gasteiger partial charge in [-0.25, -0.2) is 4.79 Å². The number of hydrogen-bond donors (Lipinski definition) is 0. The third-order valence-corrected chi connectivity index (χ3v) is 2.70. The van der Waals surface area contributed by atoms with E-state index in [0.717, 1.165) is 5.56 Å². The first-order valence-corrected chi connectivity index (χ1v) is 6.14. The smallest absolute Gasteiger partial charge is 0.313 e. The SMILES string of the molecule is Cc1ccc(C(=O)ON=C(CCl)C(Cl)Cl)cc1. The van der Waals surface area contributed by atoms with E-state index < -0.39 is 10.8 Å². The molecule has 1 aromatic carbocycles. The van der Waals surface area contributed by atoms with Crippen LogP contribution in [0.15, 0.2) is 29.4 Å². The number of oxime groups is 1. The second kappa shape index (κ2) is 6.84. The molecule has 0 radical (unpaired) electrons. The molecule has 1 aromatic rings. The molecule has 0 bridgehead atoms. The summed E-state index contributed by atoms with van der Waals surface area (Å²) in [7, 11) is 0. The normalized spacial score (nSPS) is 11.7. The van der Waals surface area contributed by atoms with Crippen LogP contribution in [-0.4, -0.2) is 22.4 Å². The summed E-state index contributed by atoms with van der Waals surface area (Å²) >= 11 is 16.6. The van der Waals surface area contributed by atoms with Gasteiger partial charge in [0.2, 0.25) is 0 Å². The highest BCUT2D eigenvalue weighted by Gasteiger charge is 2.11. The largest absolute Gasteiger partial charge is 0.365 e. The Kier molecular flexibility index (Phi) is 5.75. The lowest BCUT2D eigenvalue weighted by Gasteiger charge is -2.02. The summed E-state index contributed by atoms with van der Waals surface area (Å²) in [5.74, 6) is -0.583. The number of rotatable bonds is 4. The second-order valence-electron chi connectivity index (χ2n) is 3.26. The van der Waals surface area contributed by atoms with Crippen LogP contribution >= 0.6 is 34.8 Å². The first-order valence-electron chi connectivity index (χ1n) is 4.73. The first kappa shape index (κ1) is 14.3. The zero-order chi connectivity index (χ0) is 12.8. The highest BCUT2D eigenvalue weighted by atomic mass is 35.5. The molecule has 0 fully saturated rings. The molecule has 0 aliphatic carbocycles. The van der Waals surface area contributed by atoms with Crippen LogP contribution in [0.4, 0.5) is 0 Å². The molecule has 0 spiro atoms. The molecule has 92 valence electrons. The summed E-state index contributed by atoms with van der Waals surface area (Å²) in [4.78, 5) is 15.3. The van der Waals surface area contributed by atoms with Crippen molar-refractivity contribution in [2.45, 2.75) is 11.8 Å². The van der Waals surface area contributed by atoms with E-state index in [0.29, 0.717) is 5.56 Å². The molecule has 0 aromatic heterocycles. The molecule has 0 N–H and O–H groups in total. The van der Waals surface area contributed by atoms with E-state index in [1.165, 1.54) is 0 Å². The van der Waals surface area contributed by atoms with Crippen molar-refractivity contribution in [2.24, 2.45) is 5.16 Å². The number of halogens is 3. The van der Waals surface area contributed by atoms with Gasteiger partial charge in [-0.2, -0.15) is 0 Å². The molecule has 0 amide bonds. The molecule has 0 aliphatic heterocycles. The van der Waals surface area contributed by atoms with Gasteiger partial charge in [0.05, 0.1) is 11.4 Å². The summed E-state index contributed by atoms with van der Waals surface area (Å²) in [5, 5.41) is 3.51. The van der Waals surface area contributed by atoms with Crippen LogP contribution in [0, 0.1) is 6.92 Å². The summed E-state index contributed by atoms with van der Waals surface area (Å²) in [6.07, 6.45) is 0. The summed E-state index contributed by atoms with van der Waals surface area (Å²) in [6, 6.07) is 6.89. The van der Waals surface area contributed by atoms with Crippen LogP contribution in [0.2, 0.25) is 0 Å². The second-order valence-corrected chi connectivity index (χ2v) is 4.63. The highest BCUT2D eigenvalue weighted by Crippen LogP contribution is 2.09. The summed E-state index contributed by atoms with van der Waals surface area (Å²) in [6.45, 7) is 1.92. The van der Waals surface area contributed by atoms with Crippen LogP contribution < -0.4 is 0 Å². The van der Waals surface area contributed by atoms with Crippen LogP contribution in [0.5, 0.6) is 0 Å². The van der Waals surface area contributed by atoms with E-state index in [2.05, 4.69) is 9.99 Å². The standard InChI is InChI=1S/C11H10Cl3NO2/c1-7-2-4-8(5-3-7)11(16)17-15-9(6-12)10(13)14/h2-5,10H,6H2,1H3. The predicted octanol–water partition coefficient (Wildman–Crippen LogP) is 3.55. The van der Waals surface area contributed by atoms with Crippen LogP contribution in [0.25, 0.3) is 0 Å². The number of benzene rings is 1. The maximum absolute atomic E-state index is 11.5. The van der Waals surface area contributed by atoms with Gasteiger partial charge in [0.25, 0.3) is 0 Å². The predicted molar refractivity (Wildman–Crippen MR) is 70.2 cm³/mol. The molecule has 0 unspecified atom stereocenters. The number of aryl methyl sites for hydroxylation is 1. The molecule has 0 atom stereocenters. The average molecular weight is 295 g/mol. The number of carbonyl (C=O) groups is 1. The van der Waals surface area contributed by atoms with Crippen LogP contribution in [0.3, 0.4) is 0 Å². The topological polar surface area (TPSA) is 38.7 Å². The summed E-state index contributed by atoms with van der Waals surface area (Å²) in [5.41, 5.74) is 1.64. The first-order chi connectivity index (χ1) is 8.04. The van der Waals surface area contributed by atoms with Gasteiger partial charge < -0.3 is 4.84 Å². The van der Waals surface area contributed by atoms with Crippen molar-refractivity contribution in [3.8, 4) is 0 Å². The molecular formula is C11H10Cl3NO2. The van der Waals surface area contributed by atoms with Crippen molar-refractivity contribution in [3.05, 3.63) is 35.4 Å². The van der Waals surface area contributed by atoms with E-state index in [-0.39, 0.29) is 11.6 Å². The van der Waals surface area contributed by atoms with Gasteiger partial charge in [-0.05, 0) is 19.1 Å². The van der Waals surface area contributed by atoms with Crippen molar-refractivity contribution in [1.29, 1.82) is 0 Å². The minimum Gasteiger partial charge on any atom is -0.313 e. The van der Waals surface area contributed by atoms with Crippen molar-refractivity contribution < 1.29 is 9.63 Å². The lowest BCUT2D eigenvalue weighted by molar-refractivity contribution is 0.0516. The third kappa shape index (κ3) is 4.54. The van der Waals surface area contributed by atoms with Gasteiger partial charge in [0.15, 0.2) is 0 Å². The number of nitrogens with zero attached hydrogens (tertiary/aromatic N) is 1. The van der Waals surface area contributed by atoms with E-state index in [4.69, 9.17) is 34.8 Å². The zero-order valence-corrected chi connectivity index (χ0v) is 11.3. The molecule has 1 rings (SSSR count). The van der Waals surface area contributed by atoms with Crippen LogP contribution in [-0.2, 0) is 4.84 Å². The molecule has 0 aliphatic rings. The van der Waals surface area contributed by atoms with E-state index in [9.17, 15) is 4.79 Å². The quantitative estimate of drug-likeness (QED) is 0.369. The fourth-order valence-corrected chi connectivity index (χ4v) is 1.56. The molecular weight excluding hydrogens is 284 g/mol. The van der Waals surface area contributed by atoms with Gasteiger partial charge in [0.1, 0.15) is 10.5 Å². The fourth-order valence-electron chi connectivity index (χ4n) is 0.965. The van der Waals surface area contributed by atoms with Gasteiger partial charge in [-0.1, -0.05) is 46.1 Å². The van der Waals surface area contributed by atoms with E-state index in [1.54, 1.807) is 24.3 Å². The molecule has 0 heterocycles. The molecule has 6 heteroatoms. The van der Waals surface area contributed by atoms with Crippen molar-refractivity contribution in [2.75, 3.05) is 5.88 Å². The monoisotopic (exact) mass is 293 g/mol. The third-order valence-electron chi connectivity index (χ3n) is 1.92. The number of carbonyl (C=O) groups excluding carboxylic acids is 1. The van der Waals surface area contributed by atoms with Gasteiger partial charge in [-0.3, -0.25) is 0 Å². The minimum absolute atomic E-state index is 0.00115. The Morgan fingerprint density at radius 3 is 2.41 bits per heavy atom. The Bertz CT molecular complexity index is 415. The highest BCUT2D eigenvalue weighted by molar-refractivity contribution is 6.56. The Labute approximate surface area is 114 Å². The Balaban J connectivity index is 2.70. The molecule has 17 heavy (non-hydrogen) atoms. The minimum atomic E-state index is -0.890. The van der Waals surface area contributed by atoms with Gasteiger partial charge in [-0.15, -0.1) is 11.6 Å². The maximum atomic E-state index is 11.5. The van der Waals surface area contributed by atoms with E-state index >= 15 is 0 Å². The molecule has 3 nitrogen and oxygen atoms in total. The average Bonchev–Trinajstić information content (AvgIpc) is 2.30. The Hall–Kier alpha value is -0.770. The van der Waals surface area contributed by atoms with Crippen molar-refractivity contribution in [3.63, 3.8) is 0 Å². The van der Waals surface area contributed by atoms with Gasteiger partial charge >= 0.3 is 5.97 Å². The van der Waals surface area contributed by atoms with Crippen LogP contribution in [0.1, 0.15) is 15.9 Å². The number of alkyl halides is 3.